The Morgan fingerprint density at radius 1 is 1.47 bits per heavy atom. The second kappa shape index (κ2) is 5.88. The van der Waals surface area contributed by atoms with E-state index in [0.717, 1.165) is 4.57 Å². The number of alkyl halides is 2. The third-order valence-electron chi connectivity index (χ3n) is 2.56. The van der Waals surface area contributed by atoms with Crippen LogP contribution in [-0.2, 0) is 6.54 Å². The highest BCUT2D eigenvalue weighted by atomic mass is 35.5. The van der Waals surface area contributed by atoms with Crippen LogP contribution in [0.25, 0.3) is 0 Å². The number of ether oxygens (including phenoxy) is 1. The summed E-state index contributed by atoms with van der Waals surface area (Å²) in [6.07, 6.45) is 2.56. The molecule has 7 heteroatoms. The Morgan fingerprint density at radius 2 is 2.26 bits per heavy atom. The lowest BCUT2D eigenvalue weighted by molar-refractivity contribution is 0.0673. The van der Waals surface area contributed by atoms with Gasteiger partial charge in [0.1, 0.15) is 11.6 Å². The number of anilines is 1. The lowest BCUT2D eigenvalue weighted by Crippen LogP contribution is -2.09. The van der Waals surface area contributed by atoms with Gasteiger partial charge in [-0.25, -0.2) is 4.98 Å². The van der Waals surface area contributed by atoms with Gasteiger partial charge in [-0.2, -0.15) is 8.78 Å². The molecule has 0 spiro atoms. The highest BCUT2D eigenvalue weighted by Crippen LogP contribution is 2.28. The first kappa shape index (κ1) is 13.6. The molecule has 1 N–H and O–H groups in total. The largest absolute Gasteiger partial charge is 0.495 e. The molecule has 102 valence electrons. The van der Waals surface area contributed by atoms with Crippen LogP contribution in [0.2, 0.25) is 5.02 Å². The molecule has 2 rings (SSSR count). The molecule has 0 radical (unpaired) electrons. The molecular formula is C12H12ClF2N3O. The van der Waals surface area contributed by atoms with Crippen LogP contribution < -0.4 is 10.1 Å². The summed E-state index contributed by atoms with van der Waals surface area (Å²) in [7, 11) is 1.52. The average molecular weight is 288 g/mol. The summed E-state index contributed by atoms with van der Waals surface area (Å²) in [6, 6.07) is 5.05. The van der Waals surface area contributed by atoms with Crippen LogP contribution in [0.15, 0.2) is 30.6 Å². The molecule has 0 unspecified atom stereocenters. The summed E-state index contributed by atoms with van der Waals surface area (Å²) in [5.74, 6) is 0.816. The van der Waals surface area contributed by atoms with E-state index in [0.29, 0.717) is 16.5 Å². The van der Waals surface area contributed by atoms with Gasteiger partial charge in [-0.15, -0.1) is 0 Å². The van der Waals surface area contributed by atoms with E-state index in [1.54, 1.807) is 18.2 Å². The van der Waals surface area contributed by atoms with Gasteiger partial charge in [0.15, 0.2) is 0 Å². The van der Waals surface area contributed by atoms with Gasteiger partial charge in [0.05, 0.1) is 19.3 Å². The van der Waals surface area contributed by atoms with Crippen molar-refractivity contribution >= 4 is 17.3 Å². The summed E-state index contributed by atoms with van der Waals surface area (Å²) in [4.78, 5) is 3.88. The molecule has 0 aliphatic carbocycles. The second-order valence-corrected chi connectivity index (χ2v) is 4.16. The number of aromatic nitrogens is 2. The van der Waals surface area contributed by atoms with Crippen LogP contribution in [0.5, 0.6) is 5.75 Å². The minimum atomic E-state index is -2.61. The number of hydrogen-bond acceptors (Lipinski definition) is 3. The van der Waals surface area contributed by atoms with E-state index in [-0.39, 0.29) is 12.4 Å². The third-order valence-corrected chi connectivity index (χ3v) is 2.79. The molecule has 0 saturated heterocycles. The second-order valence-electron chi connectivity index (χ2n) is 3.73. The van der Waals surface area contributed by atoms with Gasteiger partial charge in [-0.05, 0) is 18.2 Å². The number of benzene rings is 1. The topological polar surface area (TPSA) is 39.1 Å². The molecule has 4 nitrogen and oxygen atoms in total. The zero-order valence-electron chi connectivity index (χ0n) is 10.1. The summed E-state index contributed by atoms with van der Waals surface area (Å²) in [5.41, 5.74) is 0.624. The molecule has 0 bridgehead atoms. The van der Waals surface area contributed by atoms with Crippen molar-refractivity contribution in [2.24, 2.45) is 0 Å². The van der Waals surface area contributed by atoms with Crippen LogP contribution >= 0.6 is 11.6 Å². The first-order chi connectivity index (χ1) is 9.11. The van der Waals surface area contributed by atoms with Crippen LogP contribution in [0.3, 0.4) is 0 Å². The van der Waals surface area contributed by atoms with Gasteiger partial charge in [0, 0.05) is 17.4 Å². The minimum Gasteiger partial charge on any atom is -0.495 e. The number of nitrogens with one attached hydrogen (secondary N) is 1. The maximum atomic E-state index is 12.6. The predicted octanol–water partition coefficient (Wildman–Crippen LogP) is 3.55. The number of methoxy groups -OCH3 is 1. The number of hydrogen-bond donors (Lipinski definition) is 1. The maximum Gasteiger partial charge on any atom is 0.319 e. The molecule has 1 heterocycles. The number of imidazole rings is 1. The standard InChI is InChI=1S/C12H12ClF2N3O/c1-19-10-3-2-8(13)6-9(10)17-7-11-16-4-5-18(11)12(14)15/h2-6,12,17H,7H2,1H3. The predicted molar refractivity (Wildman–Crippen MR) is 68.8 cm³/mol. The fourth-order valence-corrected chi connectivity index (χ4v) is 1.82. The maximum absolute atomic E-state index is 12.6. The normalized spacial score (nSPS) is 10.8. The SMILES string of the molecule is COc1ccc(Cl)cc1NCc1nccn1C(F)F. The fraction of sp³-hybridized carbons (Fsp3) is 0.250. The Bertz CT molecular complexity index is 560. The molecule has 0 atom stereocenters. The Labute approximate surface area is 114 Å². The van der Waals surface area contributed by atoms with Crippen molar-refractivity contribution in [3.8, 4) is 5.75 Å². The summed E-state index contributed by atoms with van der Waals surface area (Å²) in [5, 5.41) is 3.50. The Balaban J connectivity index is 2.14. The molecule has 2 aromatic rings. The summed E-state index contributed by atoms with van der Waals surface area (Å²) < 4.78 is 31.2. The minimum absolute atomic E-state index is 0.147. The van der Waals surface area contributed by atoms with E-state index in [9.17, 15) is 8.78 Å². The smallest absolute Gasteiger partial charge is 0.319 e. The monoisotopic (exact) mass is 287 g/mol. The summed E-state index contributed by atoms with van der Waals surface area (Å²) in [6.45, 7) is -2.46. The van der Waals surface area contributed by atoms with E-state index in [1.165, 1.54) is 19.5 Å². The molecule has 1 aromatic heterocycles. The van der Waals surface area contributed by atoms with Gasteiger partial charge >= 0.3 is 6.55 Å². The average Bonchev–Trinajstić information content (AvgIpc) is 2.85. The lowest BCUT2D eigenvalue weighted by Gasteiger charge is -2.12. The van der Waals surface area contributed by atoms with Crippen LogP contribution in [-0.4, -0.2) is 16.7 Å². The highest BCUT2D eigenvalue weighted by molar-refractivity contribution is 6.30. The van der Waals surface area contributed by atoms with E-state index in [4.69, 9.17) is 16.3 Å². The molecule has 1 aromatic carbocycles. The zero-order valence-corrected chi connectivity index (χ0v) is 10.9. The lowest BCUT2D eigenvalue weighted by atomic mass is 10.3. The van der Waals surface area contributed by atoms with Gasteiger partial charge in [-0.1, -0.05) is 11.6 Å². The van der Waals surface area contributed by atoms with Gasteiger partial charge < -0.3 is 10.1 Å². The van der Waals surface area contributed by atoms with E-state index in [1.807, 2.05) is 0 Å². The van der Waals surface area contributed by atoms with Crippen molar-refractivity contribution < 1.29 is 13.5 Å². The van der Waals surface area contributed by atoms with Crippen LogP contribution in [0.4, 0.5) is 14.5 Å². The van der Waals surface area contributed by atoms with E-state index < -0.39 is 6.55 Å². The van der Waals surface area contributed by atoms with Crippen molar-refractivity contribution in [1.29, 1.82) is 0 Å². The first-order valence-electron chi connectivity index (χ1n) is 5.49. The molecule has 0 fully saturated rings. The molecular weight excluding hydrogens is 276 g/mol. The molecule has 0 amide bonds. The molecule has 0 aliphatic heterocycles. The van der Waals surface area contributed by atoms with E-state index in [2.05, 4.69) is 10.3 Å². The van der Waals surface area contributed by atoms with Crippen molar-refractivity contribution in [2.75, 3.05) is 12.4 Å². The zero-order chi connectivity index (χ0) is 13.8. The number of rotatable bonds is 5. The summed E-state index contributed by atoms with van der Waals surface area (Å²) >= 11 is 5.88. The Hall–Kier alpha value is -1.82. The Morgan fingerprint density at radius 3 is 2.95 bits per heavy atom. The quantitative estimate of drug-likeness (QED) is 0.914. The Kier molecular flexibility index (Phi) is 4.21. The van der Waals surface area contributed by atoms with Crippen molar-refractivity contribution in [3.63, 3.8) is 0 Å². The van der Waals surface area contributed by atoms with Gasteiger partial charge in [-0.3, -0.25) is 4.57 Å². The molecule has 0 aliphatic rings. The first-order valence-corrected chi connectivity index (χ1v) is 5.87. The highest BCUT2D eigenvalue weighted by Gasteiger charge is 2.11. The van der Waals surface area contributed by atoms with Gasteiger partial charge in [0.2, 0.25) is 0 Å². The van der Waals surface area contributed by atoms with Crippen molar-refractivity contribution in [2.45, 2.75) is 13.1 Å². The number of nitrogens with zero attached hydrogens (tertiary/aromatic N) is 2. The van der Waals surface area contributed by atoms with Crippen molar-refractivity contribution in [1.82, 2.24) is 9.55 Å². The third kappa shape index (κ3) is 3.14. The fourth-order valence-electron chi connectivity index (χ4n) is 1.65. The van der Waals surface area contributed by atoms with Crippen LogP contribution in [0, 0.1) is 0 Å². The van der Waals surface area contributed by atoms with Gasteiger partial charge in [0.25, 0.3) is 0 Å². The van der Waals surface area contributed by atoms with Crippen LogP contribution in [0.1, 0.15) is 12.4 Å². The molecule has 0 saturated carbocycles. The van der Waals surface area contributed by atoms with Crippen molar-refractivity contribution in [3.05, 3.63) is 41.4 Å². The number of halogens is 3. The molecule has 19 heavy (non-hydrogen) atoms. The van der Waals surface area contributed by atoms with E-state index >= 15 is 0 Å².